The summed E-state index contributed by atoms with van der Waals surface area (Å²) in [6.45, 7) is 5.80. The highest BCUT2D eigenvalue weighted by molar-refractivity contribution is 5.76. The topological polar surface area (TPSA) is 38.8 Å². The summed E-state index contributed by atoms with van der Waals surface area (Å²) in [6.07, 6.45) is 2.13. The summed E-state index contributed by atoms with van der Waals surface area (Å²) in [5.74, 6) is 1.30. The number of benzene rings is 2. The molecule has 0 N–H and O–H groups in total. The Hall–Kier alpha value is -2.56. The van der Waals surface area contributed by atoms with Crippen molar-refractivity contribution in [1.82, 2.24) is 4.90 Å². The fourth-order valence-electron chi connectivity index (χ4n) is 3.18. The minimum absolute atomic E-state index is 0.0855. The predicted molar refractivity (Wildman–Crippen MR) is 103 cm³/mol. The second kappa shape index (κ2) is 8.89. The van der Waals surface area contributed by atoms with Gasteiger partial charge in [-0.15, -0.1) is 0 Å². The molecule has 0 spiro atoms. The van der Waals surface area contributed by atoms with E-state index >= 15 is 0 Å². The van der Waals surface area contributed by atoms with Gasteiger partial charge in [0.1, 0.15) is 23.4 Å². The van der Waals surface area contributed by atoms with E-state index in [1.807, 2.05) is 4.90 Å². The van der Waals surface area contributed by atoms with Crippen molar-refractivity contribution in [3.8, 4) is 11.5 Å². The maximum atomic E-state index is 12.9. The van der Waals surface area contributed by atoms with Crippen LogP contribution >= 0.6 is 0 Å². The number of hydrogen-bond acceptors (Lipinski definition) is 3. The Morgan fingerprint density at radius 1 is 1.11 bits per heavy atom. The lowest BCUT2D eigenvalue weighted by Crippen LogP contribution is -2.42. The minimum atomic E-state index is -0.302. The maximum absolute atomic E-state index is 12.9. The Kier molecular flexibility index (Phi) is 6.32. The number of piperidine rings is 1. The number of carbonyl (C=O) groups excluding carboxylic acids is 1. The molecule has 4 nitrogen and oxygen atoms in total. The lowest BCUT2D eigenvalue weighted by Gasteiger charge is -2.32. The van der Waals surface area contributed by atoms with Crippen LogP contribution in [0.15, 0.2) is 42.5 Å². The van der Waals surface area contributed by atoms with Crippen LogP contribution < -0.4 is 9.47 Å². The molecule has 5 heteroatoms. The lowest BCUT2D eigenvalue weighted by molar-refractivity contribution is -0.133. The second-order valence-electron chi connectivity index (χ2n) is 7.02. The average Bonchev–Trinajstić information content (AvgIpc) is 2.67. The first-order valence-corrected chi connectivity index (χ1v) is 9.41. The number of amides is 1. The second-order valence-corrected chi connectivity index (χ2v) is 7.02. The van der Waals surface area contributed by atoms with E-state index in [-0.39, 0.29) is 17.8 Å². The van der Waals surface area contributed by atoms with Crippen molar-refractivity contribution in [1.29, 1.82) is 0 Å². The number of likely N-dealkylation sites (tertiary alicyclic amines) is 1. The summed E-state index contributed by atoms with van der Waals surface area (Å²) < 4.78 is 24.5. The zero-order valence-electron chi connectivity index (χ0n) is 15.9. The number of rotatable bonds is 6. The Morgan fingerprint density at radius 2 is 1.81 bits per heavy atom. The Morgan fingerprint density at radius 3 is 2.52 bits per heavy atom. The van der Waals surface area contributed by atoms with Crippen LogP contribution in [0, 0.1) is 19.7 Å². The van der Waals surface area contributed by atoms with E-state index < -0.39 is 0 Å². The molecule has 0 unspecified atom stereocenters. The van der Waals surface area contributed by atoms with E-state index in [0.717, 1.165) is 24.2 Å². The highest BCUT2D eigenvalue weighted by Gasteiger charge is 2.24. The van der Waals surface area contributed by atoms with Gasteiger partial charge in [0.25, 0.3) is 0 Å². The van der Waals surface area contributed by atoms with Crippen molar-refractivity contribution < 1.29 is 18.7 Å². The van der Waals surface area contributed by atoms with Gasteiger partial charge in [-0.2, -0.15) is 0 Å². The van der Waals surface area contributed by atoms with E-state index in [4.69, 9.17) is 9.47 Å². The third kappa shape index (κ3) is 5.46. The van der Waals surface area contributed by atoms with Gasteiger partial charge in [-0.05, 0) is 55.3 Å². The largest absolute Gasteiger partial charge is 0.493 e. The lowest BCUT2D eigenvalue weighted by atomic mass is 10.1. The van der Waals surface area contributed by atoms with Gasteiger partial charge < -0.3 is 14.4 Å². The molecule has 0 atom stereocenters. The summed E-state index contributed by atoms with van der Waals surface area (Å²) in [5.41, 5.74) is 2.32. The van der Waals surface area contributed by atoms with E-state index in [1.165, 1.54) is 17.7 Å². The van der Waals surface area contributed by atoms with Crippen LogP contribution in [0.1, 0.15) is 30.4 Å². The zero-order chi connectivity index (χ0) is 19.2. The fraction of sp³-hybridized carbons (Fsp3) is 0.409. The summed E-state index contributed by atoms with van der Waals surface area (Å²) >= 11 is 0. The molecule has 27 heavy (non-hydrogen) atoms. The molecule has 1 aliphatic rings. The molecule has 1 aliphatic heterocycles. The molecule has 1 heterocycles. The van der Waals surface area contributed by atoms with Gasteiger partial charge >= 0.3 is 0 Å². The number of ether oxygens (including phenoxy) is 2. The van der Waals surface area contributed by atoms with Crippen LogP contribution in [-0.4, -0.2) is 36.6 Å². The number of aryl methyl sites for hydroxylation is 2. The molecule has 2 aromatic carbocycles. The smallest absolute Gasteiger partial charge is 0.226 e. The molecule has 0 saturated carbocycles. The van der Waals surface area contributed by atoms with Crippen LogP contribution in [0.2, 0.25) is 0 Å². The third-order valence-corrected chi connectivity index (χ3v) is 4.83. The molecule has 1 saturated heterocycles. The standard InChI is InChI=1S/C22H26FNO3/c1-16-3-4-17(2)21(15-16)27-20-9-12-24(13-10-20)22(25)11-14-26-19-7-5-18(23)6-8-19/h3-8,15,20H,9-14H2,1-2H3. The molecule has 144 valence electrons. The van der Waals surface area contributed by atoms with Crippen molar-refractivity contribution in [3.05, 3.63) is 59.4 Å². The first kappa shape index (κ1) is 19.2. The first-order valence-electron chi connectivity index (χ1n) is 9.41. The number of halogens is 1. The van der Waals surface area contributed by atoms with Gasteiger partial charge in [-0.1, -0.05) is 12.1 Å². The van der Waals surface area contributed by atoms with Crippen molar-refractivity contribution in [2.45, 2.75) is 39.2 Å². The van der Waals surface area contributed by atoms with E-state index in [9.17, 15) is 9.18 Å². The van der Waals surface area contributed by atoms with Gasteiger partial charge in [-0.25, -0.2) is 4.39 Å². The molecule has 3 rings (SSSR count). The van der Waals surface area contributed by atoms with Gasteiger partial charge in [0, 0.05) is 25.9 Å². The van der Waals surface area contributed by atoms with Crippen LogP contribution in [0.3, 0.4) is 0 Å². The molecule has 1 amide bonds. The van der Waals surface area contributed by atoms with Crippen molar-refractivity contribution in [3.63, 3.8) is 0 Å². The quantitative estimate of drug-likeness (QED) is 0.761. The fourth-order valence-corrected chi connectivity index (χ4v) is 3.18. The van der Waals surface area contributed by atoms with Crippen LogP contribution in [0.25, 0.3) is 0 Å². The maximum Gasteiger partial charge on any atom is 0.226 e. The average molecular weight is 371 g/mol. The summed E-state index contributed by atoms with van der Waals surface area (Å²) in [5, 5.41) is 0. The highest BCUT2D eigenvalue weighted by atomic mass is 19.1. The molecular formula is C22H26FNO3. The van der Waals surface area contributed by atoms with Gasteiger partial charge in [0.2, 0.25) is 5.91 Å². The number of nitrogens with zero attached hydrogens (tertiary/aromatic N) is 1. The molecule has 0 bridgehead atoms. The number of hydrogen-bond donors (Lipinski definition) is 0. The Balaban J connectivity index is 1.41. The van der Waals surface area contributed by atoms with Crippen molar-refractivity contribution >= 4 is 5.91 Å². The molecule has 1 fully saturated rings. The monoisotopic (exact) mass is 371 g/mol. The Bertz CT molecular complexity index is 768. The van der Waals surface area contributed by atoms with Gasteiger partial charge in [0.05, 0.1) is 13.0 Å². The molecule has 2 aromatic rings. The van der Waals surface area contributed by atoms with Crippen molar-refractivity contribution in [2.75, 3.05) is 19.7 Å². The summed E-state index contributed by atoms with van der Waals surface area (Å²) in [4.78, 5) is 14.2. The van der Waals surface area contributed by atoms with E-state index in [1.54, 1.807) is 12.1 Å². The highest BCUT2D eigenvalue weighted by Crippen LogP contribution is 2.24. The molecular weight excluding hydrogens is 345 g/mol. The van der Waals surface area contributed by atoms with Crippen molar-refractivity contribution in [2.24, 2.45) is 0 Å². The molecule has 0 radical (unpaired) electrons. The molecule has 0 aromatic heterocycles. The van der Waals surface area contributed by atoms with Gasteiger partial charge in [0.15, 0.2) is 0 Å². The normalized spacial score (nSPS) is 14.9. The zero-order valence-corrected chi connectivity index (χ0v) is 15.9. The summed E-state index contributed by atoms with van der Waals surface area (Å²) in [6, 6.07) is 12.0. The van der Waals surface area contributed by atoms with E-state index in [0.29, 0.717) is 31.9 Å². The minimum Gasteiger partial charge on any atom is -0.493 e. The SMILES string of the molecule is Cc1ccc(C)c(OC2CCN(C(=O)CCOc3ccc(F)cc3)CC2)c1. The summed E-state index contributed by atoms with van der Waals surface area (Å²) in [7, 11) is 0. The predicted octanol–water partition coefficient (Wildman–Crippen LogP) is 4.28. The van der Waals surface area contributed by atoms with Crippen LogP contribution in [-0.2, 0) is 4.79 Å². The van der Waals surface area contributed by atoms with Crippen LogP contribution in [0.4, 0.5) is 4.39 Å². The molecule has 0 aliphatic carbocycles. The third-order valence-electron chi connectivity index (χ3n) is 4.83. The van der Waals surface area contributed by atoms with E-state index in [2.05, 4.69) is 32.0 Å². The first-order chi connectivity index (χ1) is 13.0. The Labute approximate surface area is 159 Å². The number of carbonyl (C=O) groups is 1. The van der Waals surface area contributed by atoms with Crippen LogP contribution in [0.5, 0.6) is 11.5 Å². The van der Waals surface area contributed by atoms with Gasteiger partial charge in [-0.3, -0.25) is 4.79 Å².